The van der Waals surface area contributed by atoms with Crippen LogP contribution in [0.3, 0.4) is 0 Å². The van der Waals surface area contributed by atoms with E-state index in [1.807, 2.05) is 14.0 Å². The van der Waals surface area contributed by atoms with Crippen LogP contribution in [0.1, 0.15) is 32.6 Å². The Balaban J connectivity index is 2.32. The third kappa shape index (κ3) is 2.16. The smallest absolute Gasteiger partial charge is 0.118 e. The van der Waals surface area contributed by atoms with Crippen LogP contribution in [0.15, 0.2) is 0 Å². The molecule has 66 valence electrons. The van der Waals surface area contributed by atoms with Gasteiger partial charge in [-0.05, 0) is 32.7 Å². The Hall–Kier alpha value is -0.110. The van der Waals surface area contributed by atoms with Crippen molar-refractivity contribution in [1.82, 2.24) is 5.32 Å². The van der Waals surface area contributed by atoms with Crippen molar-refractivity contribution in [2.24, 2.45) is 5.92 Å². The van der Waals surface area contributed by atoms with Crippen molar-refractivity contribution < 1.29 is 4.39 Å². The maximum Gasteiger partial charge on any atom is 0.118 e. The molecule has 0 aromatic carbocycles. The fourth-order valence-corrected chi connectivity index (χ4v) is 1.84. The van der Waals surface area contributed by atoms with Gasteiger partial charge in [-0.15, -0.1) is 0 Å². The van der Waals surface area contributed by atoms with Crippen molar-refractivity contribution in [2.45, 2.75) is 44.8 Å². The molecule has 2 unspecified atom stereocenters. The second kappa shape index (κ2) is 4.05. The van der Waals surface area contributed by atoms with E-state index in [0.29, 0.717) is 5.92 Å². The van der Waals surface area contributed by atoms with E-state index in [2.05, 4.69) is 5.32 Å². The summed E-state index contributed by atoms with van der Waals surface area (Å²) in [5, 5.41) is 2.97. The zero-order valence-electron chi connectivity index (χ0n) is 7.44. The summed E-state index contributed by atoms with van der Waals surface area (Å²) in [5.41, 5.74) is 0. The summed E-state index contributed by atoms with van der Waals surface area (Å²) in [6.07, 6.45) is 3.99. The van der Waals surface area contributed by atoms with Gasteiger partial charge in [-0.25, -0.2) is 4.39 Å². The van der Waals surface area contributed by atoms with Gasteiger partial charge in [0.2, 0.25) is 0 Å². The van der Waals surface area contributed by atoms with Crippen LogP contribution < -0.4 is 5.32 Å². The minimum Gasteiger partial charge on any atom is -0.314 e. The van der Waals surface area contributed by atoms with E-state index >= 15 is 0 Å². The molecule has 0 aromatic rings. The van der Waals surface area contributed by atoms with Gasteiger partial charge in [0, 0.05) is 6.04 Å². The van der Waals surface area contributed by atoms with Gasteiger partial charge < -0.3 is 5.32 Å². The van der Waals surface area contributed by atoms with E-state index in [0.717, 1.165) is 12.8 Å². The molecule has 11 heavy (non-hydrogen) atoms. The maximum atomic E-state index is 13.4. The first-order chi connectivity index (χ1) is 5.25. The highest BCUT2D eigenvalue weighted by atomic mass is 19.1. The molecule has 2 atom stereocenters. The molecule has 1 aliphatic rings. The number of hydrogen-bond acceptors (Lipinski definition) is 1. The van der Waals surface area contributed by atoms with Gasteiger partial charge in [-0.1, -0.05) is 12.8 Å². The summed E-state index contributed by atoms with van der Waals surface area (Å²) in [6.45, 7) is 1.92. The average molecular weight is 159 g/mol. The lowest BCUT2D eigenvalue weighted by Crippen LogP contribution is -2.36. The van der Waals surface area contributed by atoms with Gasteiger partial charge in [0.1, 0.15) is 6.17 Å². The molecule has 1 rings (SSSR count). The first-order valence-corrected chi connectivity index (χ1v) is 4.57. The topological polar surface area (TPSA) is 12.0 Å². The Morgan fingerprint density at radius 2 is 1.91 bits per heavy atom. The molecule has 0 spiro atoms. The molecule has 0 bridgehead atoms. The molecule has 1 fully saturated rings. The zero-order chi connectivity index (χ0) is 8.27. The highest BCUT2D eigenvalue weighted by Crippen LogP contribution is 2.30. The van der Waals surface area contributed by atoms with E-state index in [9.17, 15) is 4.39 Å². The third-order valence-electron chi connectivity index (χ3n) is 2.78. The second-order valence-electron chi connectivity index (χ2n) is 3.57. The Bertz CT molecular complexity index is 110. The molecule has 1 saturated carbocycles. The molecule has 1 nitrogen and oxygen atoms in total. The Labute approximate surface area is 68.4 Å². The number of nitrogens with one attached hydrogen (secondary N) is 1. The van der Waals surface area contributed by atoms with Gasteiger partial charge in [-0.2, -0.15) is 0 Å². The third-order valence-corrected chi connectivity index (χ3v) is 2.78. The number of halogens is 1. The molecule has 1 aliphatic carbocycles. The Morgan fingerprint density at radius 1 is 1.36 bits per heavy atom. The van der Waals surface area contributed by atoms with E-state index < -0.39 is 6.17 Å². The molecular formula is C9H18FN. The van der Waals surface area contributed by atoms with Crippen LogP contribution in [0.5, 0.6) is 0 Å². The molecule has 1 N–H and O–H groups in total. The van der Waals surface area contributed by atoms with Crippen LogP contribution in [0.2, 0.25) is 0 Å². The van der Waals surface area contributed by atoms with Crippen LogP contribution in [0.25, 0.3) is 0 Å². The predicted molar refractivity (Wildman–Crippen MR) is 45.4 cm³/mol. The van der Waals surface area contributed by atoms with E-state index in [-0.39, 0.29) is 6.04 Å². The molecule has 0 amide bonds. The Kier molecular flexibility index (Phi) is 3.31. The average Bonchev–Trinajstić information content (AvgIpc) is 2.53. The standard InChI is InChI=1S/C9H18FN/c1-7(11-2)9(10)8-5-3-4-6-8/h7-9,11H,3-6H2,1-2H3. The number of hydrogen-bond donors (Lipinski definition) is 1. The highest BCUT2D eigenvalue weighted by molar-refractivity contribution is 4.81. The number of alkyl halides is 1. The summed E-state index contributed by atoms with van der Waals surface area (Å²) in [6, 6.07) is 0.0260. The highest BCUT2D eigenvalue weighted by Gasteiger charge is 2.27. The Morgan fingerprint density at radius 3 is 2.36 bits per heavy atom. The van der Waals surface area contributed by atoms with Crippen LogP contribution in [0, 0.1) is 5.92 Å². The first-order valence-electron chi connectivity index (χ1n) is 4.57. The molecule has 0 heterocycles. The van der Waals surface area contributed by atoms with Crippen molar-refractivity contribution >= 4 is 0 Å². The normalized spacial score (nSPS) is 25.4. The maximum absolute atomic E-state index is 13.4. The van der Waals surface area contributed by atoms with Gasteiger partial charge in [0.15, 0.2) is 0 Å². The molecule has 0 radical (unpaired) electrons. The fourth-order valence-electron chi connectivity index (χ4n) is 1.84. The summed E-state index contributed by atoms with van der Waals surface area (Å²) in [7, 11) is 1.83. The van der Waals surface area contributed by atoms with Crippen molar-refractivity contribution in [3.05, 3.63) is 0 Å². The quantitative estimate of drug-likeness (QED) is 0.665. The minimum atomic E-state index is -0.637. The van der Waals surface area contributed by atoms with Crippen molar-refractivity contribution in [2.75, 3.05) is 7.05 Å². The zero-order valence-corrected chi connectivity index (χ0v) is 7.44. The van der Waals surface area contributed by atoms with Crippen LogP contribution in [0.4, 0.5) is 4.39 Å². The second-order valence-corrected chi connectivity index (χ2v) is 3.57. The fraction of sp³-hybridized carbons (Fsp3) is 1.00. The van der Waals surface area contributed by atoms with Gasteiger partial charge in [0.05, 0.1) is 0 Å². The minimum absolute atomic E-state index is 0.0260. The molecule has 2 heteroatoms. The summed E-state index contributed by atoms with van der Waals surface area (Å²) in [4.78, 5) is 0. The molecule has 0 saturated heterocycles. The van der Waals surface area contributed by atoms with Crippen LogP contribution in [-0.4, -0.2) is 19.3 Å². The van der Waals surface area contributed by atoms with Crippen molar-refractivity contribution in [3.8, 4) is 0 Å². The van der Waals surface area contributed by atoms with Gasteiger partial charge >= 0.3 is 0 Å². The van der Waals surface area contributed by atoms with E-state index in [4.69, 9.17) is 0 Å². The summed E-state index contributed by atoms with van der Waals surface area (Å²) >= 11 is 0. The van der Waals surface area contributed by atoms with Crippen molar-refractivity contribution in [1.29, 1.82) is 0 Å². The lowest BCUT2D eigenvalue weighted by molar-refractivity contribution is 0.185. The van der Waals surface area contributed by atoms with E-state index in [1.165, 1.54) is 12.8 Å². The first kappa shape index (κ1) is 8.98. The predicted octanol–water partition coefficient (Wildman–Crippen LogP) is 2.12. The van der Waals surface area contributed by atoms with Crippen LogP contribution >= 0.6 is 0 Å². The molecule has 0 aromatic heterocycles. The molecular weight excluding hydrogens is 141 g/mol. The largest absolute Gasteiger partial charge is 0.314 e. The van der Waals surface area contributed by atoms with Crippen LogP contribution in [-0.2, 0) is 0 Å². The molecule has 0 aliphatic heterocycles. The van der Waals surface area contributed by atoms with Gasteiger partial charge in [0.25, 0.3) is 0 Å². The summed E-state index contributed by atoms with van der Waals surface area (Å²) < 4.78 is 13.4. The van der Waals surface area contributed by atoms with E-state index in [1.54, 1.807) is 0 Å². The monoisotopic (exact) mass is 159 g/mol. The lowest BCUT2D eigenvalue weighted by atomic mass is 9.97. The lowest BCUT2D eigenvalue weighted by Gasteiger charge is -2.21. The number of rotatable bonds is 3. The summed E-state index contributed by atoms with van der Waals surface area (Å²) in [5.74, 6) is 0.331. The van der Waals surface area contributed by atoms with Gasteiger partial charge in [-0.3, -0.25) is 0 Å². The SMILES string of the molecule is CNC(C)C(F)C1CCCC1. The van der Waals surface area contributed by atoms with Crippen molar-refractivity contribution in [3.63, 3.8) is 0 Å².